The lowest BCUT2D eigenvalue weighted by Crippen LogP contribution is -2.49. The molecule has 1 aliphatic heterocycles. The first-order chi connectivity index (χ1) is 15.3. The maximum Gasteiger partial charge on any atom is 0.222 e. The van der Waals surface area contributed by atoms with Crippen LogP contribution in [0.5, 0.6) is 0 Å². The van der Waals surface area contributed by atoms with Gasteiger partial charge in [0, 0.05) is 49.7 Å². The Morgan fingerprint density at radius 3 is 2.25 bits per heavy atom. The number of benzene rings is 2. The highest BCUT2D eigenvalue weighted by atomic mass is 35.5. The number of hydrogen-bond donors (Lipinski definition) is 0. The molecule has 3 rings (SSSR count). The highest BCUT2D eigenvalue weighted by Gasteiger charge is 2.24. The summed E-state index contributed by atoms with van der Waals surface area (Å²) in [6, 6.07) is 11.1. The van der Waals surface area contributed by atoms with Crippen molar-refractivity contribution >= 4 is 17.5 Å². The van der Waals surface area contributed by atoms with Crippen LogP contribution >= 0.6 is 11.6 Å². The van der Waals surface area contributed by atoms with Crippen LogP contribution in [0.1, 0.15) is 43.9 Å². The monoisotopic (exact) mass is 464 g/mol. The molecule has 0 bridgehead atoms. The summed E-state index contributed by atoms with van der Waals surface area (Å²) in [4.78, 5) is 16.6. The zero-order valence-electron chi connectivity index (χ0n) is 18.7. The molecule has 174 valence electrons. The molecule has 2 aromatic carbocycles. The Labute approximate surface area is 194 Å². The van der Waals surface area contributed by atoms with E-state index in [9.17, 15) is 13.6 Å². The molecule has 32 heavy (non-hydrogen) atoms. The van der Waals surface area contributed by atoms with Gasteiger partial charge in [0.05, 0.1) is 12.7 Å². The van der Waals surface area contributed by atoms with Crippen molar-refractivity contribution in [1.29, 1.82) is 0 Å². The van der Waals surface area contributed by atoms with Gasteiger partial charge in [0.25, 0.3) is 0 Å². The number of rotatable bonds is 9. The summed E-state index contributed by atoms with van der Waals surface area (Å²) in [5, 5.41) is 0.612. The minimum absolute atomic E-state index is 0.0768. The van der Waals surface area contributed by atoms with Crippen molar-refractivity contribution < 1.29 is 18.3 Å². The van der Waals surface area contributed by atoms with E-state index in [2.05, 4.69) is 18.7 Å². The maximum atomic E-state index is 14.1. The molecular weight excluding hydrogens is 434 g/mol. The van der Waals surface area contributed by atoms with Gasteiger partial charge in [0.1, 0.15) is 11.6 Å². The van der Waals surface area contributed by atoms with Gasteiger partial charge in [-0.25, -0.2) is 8.78 Å². The molecule has 0 unspecified atom stereocenters. The quantitative estimate of drug-likeness (QED) is 0.494. The average molecular weight is 465 g/mol. The molecule has 1 heterocycles. The standard InChI is InChI=1S/C25H31ClF2N2O2/c1-18(2)6-11-25(31)30-14-12-29(13-15-30)16-24(19-7-9-20(26)10-8-19)32-17-21-22(27)4-3-5-23(21)28/h3-5,7-10,18,24H,6,11-17H2,1-2H3/t24-/m1/s1. The molecule has 0 aromatic heterocycles. The Balaban J connectivity index is 1.62. The van der Waals surface area contributed by atoms with E-state index in [1.165, 1.54) is 18.2 Å². The van der Waals surface area contributed by atoms with Gasteiger partial charge in [-0.2, -0.15) is 0 Å². The van der Waals surface area contributed by atoms with Crippen LogP contribution in [0.25, 0.3) is 0 Å². The number of hydrogen-bond acceptors (Lipinski definition) is 3. The Morgan fingerprint density at radius 2 is 1.66 bits per heavy atom. The normalized spacial score (nSPS) is 15.9. The highest BCUT2D eigenvalue weighted by Crippen LogP contribution is 2.25. The zero-order chi connectivity index (χ0) is 23.1. The van der Waals surface area contributed by atoms with Gasteiger partial charge in [0.15, 0.2) is 0 Å². The topological polar surface area (TPSA) is 32.8 Å². The lowest BCUT2D eigenvalue weighted by Gasteiger charge is -2.36. The molecule has 7 heteroatoms. The molecule has 0 aliphatic carbocycles. The molecule has 1 amide bonds. The van der Waals surface area contributed by atoms with E-state index < -0.39 is 11.6 Å². The predicted octanol–water partition coefficient (Wildman–Crippen LogP) is 5.46. The first-order valence-electron chi connectivity index (χ1n) is 11.1. The Kier molecular flexibility index (Phi) is 9.02. The van der Waals surface area contributed by atoms with E-state index in [1.54, 1.807) is 12.1 Å². The third-order valence-electron chi connectivity index (χ3n) is 5.82. The van der Waals surface area contributed by atoms with Gasteiger partial charge in [-0.3, -0.25) is 9.69 Å². The number of halogens is 3. The first kappa shape index (κ1) is 24.6. The molecule has 4 nitrogen and oxygen atoms in total. The van der Waals surface area contributed by atoms with E-state index >= 15 is 0 Å². The number of carbonyl (C=O) groups is 1. The second kappa shape index (κ2) is 11.7. The molecule has 1 atom stereocenters. The van der Waals surface area contributed by atoms with Gasteiger partial charge in [-0.1, -0.05) is 43.6 Å². The van der Waals surface area contributed by atoms with Crippen LogP contribution < -0.4 is 0 Å². The smallest absolute Gasteiger partial charge is 0.222 e. The molecule has 1 aliphatic rings. The number of piperazine rings is 1. The van der Waals surface area contributed by atoms with E-state index in [0.29, 0.717) is 37.0 Å². The third kappa shape index (κ3) is 6.99. The molecule has 1 saturated heterocycles. The molecule has 0 N–H and O–H groups in total. The number of nitrogens with zero attached hydrogens (tertiary/aromatic N) is 2. The Morgan fingerprint density at radius 1 is 1.03 bits per heavy atom. The van der Waals surface area contributed by atoms with Crippen LogP contribution in [0.15, 0.2) is 42.5 Å². The van der Waals surface area contributed by atoms with Crippen LogP contribution in [0.4, 0.5) is 8.78 Å². The lowest BCUT2D eigenvalue weighted by atomic mass is 10.1. The number of carbonyl (C=O) groups excluding carboxylic acids is 1. The molecule has 0 saturated carbocycles. The van der Waals surface area contributed by atoms with Crippen molar-refractivity contribution in [2.45, 2.75) is 39.4 Å². The minimum Gasteiger partial charge on any atom is -0.367 e. The summed E-state index contributed by atoms with van der Waals surface area (Å²) in [5.74, 6) is -0.516. The Bertz CT molecular complexity index is 864. The predicted molar refractivity (Wildman–Crippen MR) is 122 cm³/mol. The molecule has 2 aromatic rings. The van der Waals surface area contributed by atoms with E-state index in [0.717, 1.165) is 25.1 Å². The van der Waals surface area contributed by atoms with E-state index in [1.807, 2.05) is 17.0 Å². The van der Waals surface area contributed by atoms with Gasteiger partial charge < -0.3 is 9.64 Å². The van der Waals surface area contributed by atoms with Crippen molar-refractivity contribution in [2.24, 2.45) is 5.92 Å². The molecule has 0 radical (unpaired) electrons. The summed E-state index contributed by atoms with van der Waals surface area (Å²) < 4.78 is 34.1. The van der Waals surface area contributed by atoms with E-state index in [-0.39, 0.29) is 24.2 Å². The van der Waals surface area contributed by atoms with Crippen molar-refractivity contribution in [3.05, 3.63) is 70.2 Å². The summed E-state index contributed by atoms with van der Waals surface area (Å²) >= 11 is 6.03. The molecule has 0 spiro atoms. The first-order valence-corrected chi connectivity index (χ1v) is 11.5. The zero-order valence-corrected chi connectivity index (χ0v) is 19.5. The second-order valence-corrected chi connectivity index (χ2v) is 9.10. The van der Waals surface area contributed by atoms with E-state index in [4.69, 9.17) is 16.3 Å². The van der Waals surface area contributed by atoms with Crippen LogP contribution in [0.2, 0.25) is 5.02 Å². The Hall–Kier alpha value is -2.02. The van der Waals surface area contributed by atoms with Crippen LogP contribution in [0.3, 0.4) is 0 Å². The fourth-order valence-electron chi connectivity index (χ4n) is 3.77. The fraction of sp³-hybridized carbons (Fsp3) is 0.480. The summed E-state index contributed by atoms with van der Waals surface area (Å²) in [6.45, 7) is 7.44. The average Bonchev–Trinajstić information content (AvgIpc) is 2.77. The molecular formula is C25H31ClF2N2O2. The minimum atomic E-state index is -0.617. The van der Waals surface area contributed by atoms with Crippen molar-refractivity contribution in [3.63, 3.8) is 0 Å². The maximum absolute atomic E-state index is 14.1. The summed E-state index contributed by atoms with van der Waals surface area (Å²) in [7, 11) is 0. The summed E-state index contributed by atoms with van der Waals surface area (Å²) in [6.07, 6.45) is 1.11. The van der Waals surface area contributed by atoms with Gasteiger partial charge in [-0.05, 0) is 42.2 Å². The largest absolute Gasteiger partial charge is 0.367 e. The van der Waals surface area contributed by atoms with Crippen LogP contribution in [0, 0.1) is 17.6 Å². The SMILES string of the molecule is CC(C)CCC(=O)N1CCN(C[C@@H](OCc2c(F)cccc2F)c2ccc(Cl)cc2)CC1. The van der Waals surface area contributed by atoms with Gasteiger partial charge in [0.2, 0.25) is 5.91 Å². The fourth-order valence-corrected chi connectivity index (χ4v) is 3.90. The van der Waals surface area contributed by atoms with Crippen molar-refractivity contribution in [1.82, 2.24) is 9.80 Å². The van der Waals surface area contributed by atoms with Crippen molar-refractivity contribution in [2.75, 3.05) is 32.7 Å². The highest BCUT2D eigenvalue weighted by molar-refractivity contribution is 6.30. The number of ether oxygens (including phenoxy) is 1. The van der Waals surface area contributed by atoms with Gasteiger partial charge in [-0.15, -0.1) is 0 Å². The lowest BCUT2D eigenvalue weighted by molar-refractivity contribution is -0.133. The third-order valence-corrected chi connectivity index (χ3v) is 6.07. The number of amides is 1. The van der Waals surface area contributed by atoms with Crippen molar-refractivity contribution in [3.8, 4) is 0 Å². The second-order valence-electron chi connectivity index (χ2n) is 8.67. The van der Waals surface area contributed by atoms with Crippen LogP contribution in [-0.2, 0) is 16.1 Å². The summed E-state index contributed by atoms with van der Waals surface area (Å²) in [5.41, 5.74) is 0.814. The molecule has 1 fully saturated rings. The van der Waals surface area contributed by atoms with Gasteiger partial charge >= 0.3 is 0 Å². The van der Waals surface area contributed by atoms with Crippen LogP contribution in [-0.4, -0.2) is 48.4 Å².